The van der Waals surface area contributed by atoms with E-state index in [0.717, 1.165) is 12.0 Å². The van der Waals surface area contributed by atoms with Crippen molar-refractivity contribution < 1.29 is 9.53 Å². The van der Waals surface area contributed by atoms with E-state index in [1.54, 1.807) is 25.3 Å². The lowest BCUT2D eigenvalue weighted by Crippen LogP contribution is -2.27. The van der Waals surface area contributed by atoms with Crippen LogP contribution in [0.5, 0.6) is 5.75 Å². The van der Waals surface area contributed by atoms with Gasteiger partial charge in [-0.3, -0.25) is 9.89 Å². The van der Waals surface area contributed by atoms with Crippen LogP contribution in [0.4, 0.5) is 0 Å². The highest BCUT2D eigenvalue weighted by atomic mass is 35.5. The molecule has 3 aromatic rings. The van der Waals surface area contributed by atoms with E-state index in [1.807, 2.05) is 0 Å². The molecule has 0 aliphatic carbocycles. The van der Waals surface area contributed by atoms with Crippen LogP contribution < -0.4 is 10.1 Å². The number of methoxy groups -OCH3 is 1. The quantitative estimate of drug-likeness (QED) is 0.467. The monoisotopic (exact) mass is 444 g/mol. The largest absolute Gasteiger partial charge is 0.496 e. The van der Waals surface area contributed by atoms with Gasteiger partial charge in [-0.2, -0.15) is 0 Å². The molecule has 1 amide bonds. The Bertz CT molecular complexity index is 989. The molecule has 0 saturated heterocycles. The zero-order valence-electron chi connectivity index (χ0n) is 17.2. The van der Waals surface area contributed by atoms with E-state index in [9.17, 15) is 4.79 Å². The maximum atomic E-state index is 12.1. The van der Waals surface area contributed by atoms with Crippen LogP contribution in [0.25, 0.3) is 11.4 Å². The molecule has 0 aliphatic rings. The van der Waals surface area contributed by atoms with Crippen molar-refractivity contribution >= 4 is 29.3 Å². The van der Waals surface area contributed by atoms with E-state index < -0.39 is 0 Å². The molecule has 30 heavy (non-hydrogen) atoms. The fraction of sp³-hybridized carbons (Fsp3) is 0.318. The Morgan fingerprint density at radius 3 is 2.70 bits per heavy atom. The van der Waals surface area contributed by atoms with Gasteiger partial charge in [-0.05, 0) is 41.7 Å². The molecule has 0 aliphatic heterocycles. The van der Waals surface area contributed by atoms with Crippen LogP contribution >= 0.6 is 23.4 Å². The Hall–Kier alpha value is -2.51. The number of benzene rings is 2. The molecule has 8 heteroatoms. The minimum absolute atomic E-state index is 0.0505. The molecule has 0 unspecified atom stereocenters. The third kappa shape index (κ3) is 6.00. The second-order valence-corrected chi connectivity index (χ2v) is 8.48. The number of aromatic nitrogens is 3. The van der Waals surface area contributed by atoms with Gasteiger partial charge in [0.25, 0.3) is 0 Å². The summed E-state index contributed by atoms with van der Waals surface area (Å²) in [5.74, 6) is 1.90. The van der Waals surface area contributed by atoms with Gasteiger partial charge in [0, 0.05) is 11.6 Å². The highest BCUT2D eigenvalue weighted by Crippen LogP contribution is 2.31. The van der Waals surface area contributed by atoms with E-state index in [4.69, 9.17) is 16.3 Å². The highest BCUT2D eigenvalue weighted by Gasteiger charge is 2.13. The number of H-pyrrole nitrogens is 1. The average molecular weight is 445 g/mol. The smallest absolute Gasteiger partial charge is 0.230 e. The predicted molar refractivity (Wildman–Crippen MR) is 121 cm³/mol. The van der Waals surface area contributed by atoms with Gasteiger partial charge in [-0.15, -0.1) is 5.10 Å². The summed E-state index contributed by atoms with van der Waals surface area (Å²) < 4.78 is 5.34. The number of carbonyl (C=O) groups excluding carboxylic acids is 1. The van der Waals surface area contributed by atoms with E-state index in [-0.39, 0.29) is 11.7 Å². The standard InChI is InChI=1S/C22H25ClN4O2S/c1-14(2)16-6-4-15(5-7-16)10-11-24-20(28)13-30-22-25-21(26-27-22)18-12-17(23)8-9-19(18)29-3/h4-9,12,14H,10-11,13H2,1-3H3,(H,24,28)(H,25,26,27). The Kier molecular flexibility index (Phi) is 7.76. The van der Waals surface area contributed by atoms with Crippen molar-refractivity contribution in [1.29, 1.82) is 0 Å². The van der Waals surface area contributed by atoms with Crippen LogP contribution in [-0.2, 0) is 11.2 Å². The number of nitrogens with zero attached hydrogens (tertiary/aromatic N) is 2. The van der Waals surface area contributed by atoms with Crippen LogP contribution in [-0.4, -0.2) is 40.5 Å². The number of rotatable bonds is 9. The van der Waals surface area contributed by atoms with Crippen LogP contribution in [0.3, 0.4) is 0 Å². The molecule has 3 rings (SSSR count). The lowest BCUT2D eigenvalue weighted by molar-refractivity contribution is -0.118. The van der Waals surface area contributed by atoms with Crippen molar-refractivity contribution in [2.24, 2.45) is 0 Å². The van der Waals surface area contributed by atoms with Gasteiger partial charge in [0.15, 0.2) is 5.82 Å². The van der Waals surface area contributed by atoms with Crippen molar-refractivity contribution in [1.82, 2.24) is 20.5 Å². The summed E-state index contributed by atoms with van der Waals surface area (Å²) in [7, 11) is 1.59. The van der Waals surface area contributed by atoms with Gasteiger partial charge in [0.05, 0.1) is 18.4 Å². The molecule has 0 saturated carbocycles. The molecule has 6 nitrogen and oxygen atoms in total. The summed E-state index contributed by atoms with van der Waals surface area (Å²) in [6, 6.07) is 13.8. The first-order valence-electron chi connectivity index (χ1n) is 9.71. The first kappa shape index (κ1) is 22.2. The summed E-state index contributed by atoms with van der Waals surface area (Å²) in [6.07, 6.45) is 0.800. The molecule has 0 spiro atoms. The topological polar surface area (TPSA) is 79.9 Å². The first-order valence-corrected chi connectivity index (χ1v) is 11.1. The van der Waals surface area contributed by atoms with Crippen molar-refractivity contribution in [3.63, 3.8) is 0 Å². The second kappa shape index (κ2) is 10.5. The number of hydrogen-bond acceptors (Lipinski definition) is 5. The maximum Gasteiger partial charge on any atom is 0.230 e. The molecule has 2 N–H and O–H groups in total. The van der Waals surface area contributed by atoms with Crippen LogP contribution in [0.2, 0.25) is 5.02 Å². The SMILES string of the molecule is COc1ccc(Cl)cc1-c1nc(SCC(=O)NCCc2ccc(C(C)C)cc2)n[nH]1. The lowest BCUT2D eigenvalue weighted by Gasteiger charge is -2.07. The Balaban J connectivity index is 1.47. The average Bonchev–Trinajstić information content (AvgIpc) is 3.21. The number of aromatic amines is 1. The second-order valence-electron chi connectivity index (χ2n) is 7.10. The molecular formula is C22H25ClN4O2S. The molecule has 0 radical (unpaired) electrons. The Morgan fingerprint density at radius 2 is 2.00 bits per heavy atom. The highest BCUT2D eigenvalue weighted by molar-refractivity contribution is 7.99. The van der Waals surface area contributed by atoms with Gasteiger partial charge < -0.3 is 10.1 Å². The predicted octanol–water partition coefficient (Wildman–Crippen LogP) is 4.71. The minimum atomic E-state index is -0.0505. The number of thioether (sulfide) groups is 1. The van der Waals surface area contributed by atoms with Gasteiger partial charge in [-0.1, -0.05) is 61.5 Å². The fourth-order valence-corrected chi connectivity index (χ4v) is 3.69. The van der Waals surface area contributed by atoms with Crippen LogP contribution in [0, 0.1) is 0 Å². The maximum absolute atomic E-state index is 12.1. The fourth-order valence-electron chi connectivity index (χ4n) is 2.89. The molecule has 1 heterocycles. The van der Waals surface area contributed by atoms with E-state index in [1.165, 1.54) is 22.9 Å². The van der Waals surface area contributed by atoms with Gasteiger partial charge >= 0.3 is 0 Å². The summed E-state index contributed by atoms with van der Waals surface area (Å²) in [6.45, 7) is 4.95. The van der Waals surface area contributed by atoms with E-state index in [2.05, 4.69) is 58.6 Å². The van der Waals surface area contributed by atoms with E-state index in [0.29, 0.717) is 34.2 Å². The Morgan fingerprint density at radius 1 is 1.23 bits per heavy atom. The molecule has 0 fully saturated rings. The summed E-state index contributed by atoms with van der Waals surface area (Å²) in [5, 5.41) is 11.1. The molecule has 0 bridgehead atoms. The zero-order valence-corrected chi connectivity index (χ0v) is 18.8. The third-order valence-corrected chi connectivity index (χ3v) is 5.68. The summed E-state index contributed by atoms with van der Waals surface area (Å²) in [4.78, 5) is 16.6. The molecule has 1 aromatic heterocycles. The number of amides is 1. The first-order chi connectivity index (χ1) is 14.5. The molecule has 2 aromatic carbocycles. The number of halogens is 1. The van der Waals surface area contributed by atoms with Crippen molar-refractivity contribution in [2.45, 2.75) is 31.3 Å². The normalized spacial score (nSPS) is 11.0. The minimum Gasteiger partial charge on any atom is -0.496 e. The van der Waals surface area contributed by atoms with Crippen molar-refractivity contribution in [3.8, 4) is 17.1 Å². The summed E-state index contributed by atoms with van der Waals surface area (Å²) in [5.41, 5.74) is 3.25. The van der Waals surface area contributed by atoms with Crippen molar-refractivity contribution in [3.05, 3.63) is 58.6 Å². The number of hydrogen-bond donors (Lipinski definition) is 2. The molecule has 0 atom stereocenters. The third-order valence-electron chi connectivity index (χ3n) is 4.60. The zero-order chi connectivity index (χ0) is 21.5. The molecular weight excluding hydrogens is 420 g/mol. The number of carbonyl (C=O) groups is 1. The number of ether oxygens (including phenoxy) is 1. The molecule has 158 valence electrons. The van der Waals surface area contributed by atoms with Crippen LogP contribution in [0.1, 0.15) is 30.9 Å². The van der Waals surface area contributed by atoms with Gasteiger partial charge in [0.2, 0.25) is 11.1 Å². The van der Waals surface area contributed by atoms with Crippen molar-refractivity contribution in [2.75, 3.05) is 19.4 Å². The summed E-state index contributed by atoms with van der Waals surface area (Å²) >= 11 is 7.35. The van der Waals surface area contributed by atoms with E-state index >= 15 is 0 Å². The van der Waals surface area contributed by atoms with Crippen LogP contribution in [0.15, 0.2) is 47.6 Å². The van der Waals surface area contributed by atoms with Gasteiger partial charge in [0.1, 0.15) is 5.75 Å². The Labute approximate surface area is 185 Å². The lowest BCUT2D eigenvalue weighted by atomic mass is 10.0. The number of nitrogens with one attached hydrogen (secondary N) is 2. The van der Waals surface area contributed by atoms with Gasteiger partial charge in [-0.25, -0.2) is 4.98 Å².